The summed E-state index contributed by atoms with van der Waals surface area (Å²) < 4.78 is 10.9. The maximum absolute atomic E-state index is 12.1. The van der Waals surface area contributed by atoms with E-state index in [2.05, 4.69) is 5.32 Å². The number of rotatable bonds is 7. The first-order chi connectivity index (χ1) is 12.1. The van der Waals surface area contributed by atoms with Crippen LogP contribution in [0.15, 0.2) is 47.1 Å². The Balaban J connectivity index is 1.69. The van der Waals surface area contributed by atoms with Crippen LogP contribution in [0.2, 0.25) is 0 Å². The van der Waals surface area contributed by atoms with Crippen LogP contribution in [0.3, 0.4) is 0 Å². The van der Waals surface area contributed by atoms with Gasteiger partial charge in [-0.2, -0.15) is 0 Å². The highest BCUT2D eigenvalue weighted by atomic mass is 16.5. The molecule has 1 aliphatic carbocycles. The molecule has 1 aromatic heterocycles. The van der Waals surface area contributed by atoms with Crippen LogP contribution >= 0.6 is 0 Å². The molecule has 1 fully saturated rings. The normalized spacial score (nSPS) is 15.7. The average Bonchev–Trinajstić information content (AvgIpc) is 3.28. The van der Waals surface area contributed by atoms with E-state index in [0.717, 1.165) is 18.6 Å². The van der Waals surface area contributed by atoms with Gasteiger partial charge in [-0.15, -0.1) is 0 Å². The number of hydrogen-bond donors (Lipinski definition) is 1. The highest BCUT2D eigenvalue weighted by molar-refractivity contribution is 5.91. The van der Waals surface area contributed by atoms with E-state index in [0.29, 0.717) is 5.56 Å². The minimum Gasteiger partial charge on any atom is -0.550 e. The molecule has 2 aromatic rings. The minimum atomic E-state index is -1.24. The molecule has 1 atom stereocenters. The molecule has 0 saturated heterocycles. The smallest absolute Gasteiger partial charge is 0.287 e. The Morgan fingerprint density at radius 2 is 1.92 bits per heavy atom. The molecule has 0 bridgehead atoms. The van der Waals surface area contributed by atoms with Crippen LogP contribution in [-0.2, 0) is 4.79 Å². The minimum absolute atomic E-state index is 0.129. The Morgan fingerprint density at radius 3 is 2.52 bits per heavy atom. The number of carboxylic acids is 1. The molecule has 1 heterocycles. The molecule has 1 amide bonds. The van der Waals surface area contributed by atoms with Gasteiger partial charge in [-0.05, 0) is 55.5 Å². The van der Waals surface area contributed by atoms with Gasteiger partial charge >= 0.3 is 0 Å². The number of amides is 1. The lowest BCUT2D eigenvalue weighted by atomic mass is 10.0. The average molecular weight is 342 g/mol. The van der Waals surface area contributed by atoms with Crippen molar-refractivity contribution in [1.29, 1.82) is 0 Å². The van der Waals surface area contributed by atoms with Gasteiger partial charge < -0.3 is 24.4 Å². The van der Waals surface area contributed by atoms with Crippen LogP contribution in [-0.4, -0.2) is 18.0 Å². The zero-order valence-electron chi connectivity index (χ0n) is 13.8. The standard InChI is InChI=1S/C19H21NO5/c21-18(22)12-16(20-19(23)17-6-3-11-24-17)13-7-9-15(10-8-13)25-14-4-1-2-5-14/h3,6-11,14,16H,1-2,4-5,12H2,(H,20,23)(H,21,22)/p-1/t16-/m0/s1. The van der Waals surface area contributed by atoms with Crippen molar-refractivity contribution in [3.8, 4) is 5.75 Å². The molecular weight excluding hydrogens is 322 g/mol. The van der Waals surface area contributed by atoms with Crippen LogP contribution in [0.1, 0.15) is 54.3 Å². The second-order valence-electron chi connectivity index (χ2n) is 6.17. The van der Waals surface area contributed by atoms with Gasteiger partial charge in [0, 0.05) is 12.4 Å². The third-order valence-corrected chi connectivity index (χ3v) is 4.31. The number of benzene rings is 1. The van der Waals surface area contributed by atoms with Gasteiger partial charge in [0.1, 0.15) is 5.75 Å². The van der Waals surface area contributed by atoms with Crippen molar-refractivity contribution < 1.29 is 23.8 Å². The molecule has 25 heavy (non-hydrogen) atoms. The summed E-state index contributed by atoms with van der Waals surface area (Å²) in [5, 5.41) is 13.7. The monoisotopic (exact) mass is 342 g/mol. The fourth-order valence-corrected chi connectivity index (χ4v) is 3.03. The molecule has 1 N–H and O–H groups in total. The van der Waals surface area contributed by atoms with Gasteiger partial charge in [0.2, 0.25) is 0 Å². The summed E-state index contributed by atoms with van der Waals surface area (Å²) >= 11 is 0. The van der Waals surface area contributed by atoms with E-state index in [9.17, 15) is 14.7 Å². The third-order valence-electron chi connectivity index (χ3n) is 4.31. The van der Waals surface area contributed by atoms with E-state index in [4.69, 9.17) is 9.15 Å². The van der Waals surface area contributed by atoms with E-state index < -0.39 is 17.9 Å². The quantitative estimate of drug-likeness (QED) is 0.833. The Hall–Kier alpha value is -2.76. The summed E-state index contributed by atoms with van der Waals surface area (Å²) in [6.07, 6.45) is 5.82. The Morgan fingerprint density at radius 1 is 1.20 bits per heavy atom. The summed E-state index contributed by atoms with van der Waals surface area (Å²) in [4.78, 5) is 23.2. The first-order valence-electron chi connectivity index (χ1n) is 8.42. The van der Waals surface area contributed by atoms with E-state index in [1.807, 2.05) is 0 Å². The maximum atomic E-state index is 12.1. The topological polar surface area (TPSA) is 91.6 Å². The van der Waals surface area contributed by atoms with Crippen LogP contribution in [0.25, 0.3) is 0 Å². The van der Waals surface area contributed by atoms with Gasteiger partial charge in [0.25, 0.3) is 5.91 Å². The Bertz CT molecular complexity index is 702. The van der Waals surface area contributed by atoms with Gasteiger partial charge in [-0.1, -0.05) is 12.1 Å². The molecule has 1 aliphatic rings. The van der Waals surface area contributed by atoms with Gasteiger partial charge in [0.15, 0.2) is 5.76 Å². The van der Waals surface area contributed by atoms with Crippen LogP contribution in [0, 0.1) is 0 Å². The maximum Gasteiger partial charge on any atom is 0.287 e. The van der Waals surface area contributed by atoms with E-state index in [1.54, 1.807) is 30.3 Å². The molecule has 132 valence electrons. The predicted octanol–water partition coefficient (Wildman–Crippen LogP) is 2.21. The second-order valence-corrected chi connectivity index (χ2v) is 6.17. The number of furan rings is 1. The second kappa shape index (κ2) is 7.88. The number of ether oxygens (including phenoxy) is 1. The SMILES string of the molecule is O=C([O-])C[C@H](NC(=O)c1ccco1)c1ccc(OC2CCCC2)cc1. The number of aliphatic carboxylic acids is 1. The molecule has 6 heteroatoms. The van der Waals surface area contributed by atoms with Crippen molar-refractivity contribution in [3.05, 3.63) is 54.0 Å². The van der Waals surface area contributed by atoms with E-state index >= 15 is 0 Å². The number of carbonyl (C=O) groups is 2. The molecule has 0 aliphatic heterocycles. The highest BCUT2D eigenvalue weighted by Crippen LogP contribution is 2.26. The highest BCUT2D eigenvalue weighted by Gasteiger charge is 2.19. The summed E-state index contributed by atoms with van der Waals surface area (Å²) in [7, 11) is 0. The zero-order valence-corrected chi connectivity index (χ0v) is 13.8. The zero-order chi connectivity index (χ0) is 17.6. The molecule has 0 unspecified atom stereocenters. The summed E-state index contributed by atoms with van der Waals surface area (Å²) in [6.45, 7) is 0. The Labute approximate surface area is 145 Å². The lowest BCUT2D eigenvalue weighted by Crippen LogP contribution is -2.34. The third kappa shape index (κ3) is 4.62. The largest absolute Gasteiger partial charge is 0.550 e. The van der Waals surface area contributed by atoms with E-state index in [1.165, 1.54) is 25.2 Å². The summed E-state index contributed by atoms with van der Waals surface area (Å²) in [5.74, 6) is -0.830. The van der Waals surface area contributed by atoms with Gasteiger partial charge in [-0.3, -0.25) is 4.79 Å². The van der Waals surface area contributed by atoms with Gasteiger partial charge in [0.05, 0.1) is 18.4 Å². The molecule has 3 rings (SSSR count). The molecule has 1 aromatic carbocycles. The molecule has 0 spiro atoms. The molecule has 6 nitrogen and oxygen atoms in total. The lowest BCUT2D eigenvalue weighted by Gasteiger charge is -2.20. The lowest BCUT2D eigenvalue weighted by molar-refractivity contribution is -0.306. The van der Waals surface area contributed by atoms with Crippen LogP contribution in [0.4, 0.5) is 0 Å². The first-order valence-corrected chi connectivity index (χ1v) is 8.42. The fraction of sp³-hybridized carbons (Fsp3) is 0.368. The predicted molar refractivity (Wildman–Crippen MR) is 87.9 cm³/mol. The number of hydrogen-bond acceptors (Lipinski definition) is 5. The van der Waals surface area contributed by atoms with Gasteiger partial charge in [-0.25, -0.2) is 0 Å². The first kappa shape index (κ1) is 17.1. The summed E-state index contributed by atoms with van der Waals surface area (Å²) in [6, 6.07) is 9.54. The molecule has 0 radical (unpaired) electrons. The van der Waals surface area contributed by atoms with Crippen molar-refractivity contribution in [2.45, 2.75) is 44.2 Å². The molecule has 1 saturated carbocycles. The van der Waals surface area contributed by atoms with Crippen molar-refractivity contribution in [2.75, 3.05) is 0 Å². The van der Waals surface area contributed by atoms with Crippen molar-refractivity contribution >= 4 is 11.9 Å². The number of carboxylic acid groups (broad SMARTS) is 1. The molecular formula is C19H20NO5-. The van der Waals surface area contributed by atoms with Crippen LogP contribution in [0.5, 0.6) is 5.75 Å². The Kier molecular flexibility index (Phi) is 5.38. The van der Waals surface area contributed by atoms with Crippen LogP contribution < -0.4 is 15.2 Å². The van der Waals surface area contributed by atoms with Crippen molar-refractivity contribution in [1.82, 2.24) is 5.32 Å². The fourth-order valence-electron chi connectivity index (χ4n) is 3.03. The van der Waals surface area contributed by atoms with Crippen molar-refractivity contribution in [3.63, 3.8) is 0 Å². The summed E-state index contributed by atoms with van der Waals surface area (Å²) in [5.41, 5.74) is 0.669. The van der Waals surface area contributed by atoms with E-state index in [-0.39, 0.29) is 18.3 Å². The number of nitrogens with one attached hydrogen (secondary N) is 1. The van der Waals surface area contributed by atoms with Crippen molar-refractivity contribution in [2.24, 2.45) is 0 Å². The number of carbonyl (C=O) groups excluding carboxylic acids is 2.